The van der Waals surface area contributed by atoms with Crippen LogP contribution in [-0.2, 0) is 10.2 Å². The number of fused-ring (bicyclic) bond motifs is 1. The molecule has 0 aliphatic carbocycles. The Morgan fingerprint density at radius 1 is 1.17 bits per heavy atom. The number of nitrogens with zero attached hydrogens (tertiary/aromatic N) is 3. The fraction of sp³-hybridized carbons (Fsp3) is 0.261. The Labute approximate surface area is 179 Å². The average Bonchev–Trinajstić information content (AvgIpc) is 3.14. The van der Waals surface area contributed by atoms with E-state index in [0.29, 0.717) is 11.4 Å². The second kappa shape index (κ2) is 7.91. The summed E-state index contributed by atoms with van der Waals surface area (Å²) < 4.78 is 7.27. The Morgan fingerprint density at radius 3 is 2.63 bits per heavy atom. The van der Waals surface area contributed by atoms with Gasteiger partial charge >= 0.3 is 0 Å². The predicted octanol–water partition coefficient (Wildman–Crippen LogP) is 4.26. The first-order valence-corrected chi connectivity index (χ1v) is 10.6. The van der Waals surface area contributed by atoms with E-state index in [2.05, 4.69) is 55.3 Å². The number of carbonyl (C=O) groups is 1. The second-order valence-electron chi connectivity index (χ2n) is 8.10. The summed E-state index contributed by atoms with van der Waals surface area (Å²) in [6, 6.07) is 14.1. The Kier molecular flexibility index (Phi) is 5.30. The van der Waals surface area contributed by atoms with E-state index in [1.54, 1.807) is 7.05 Å². The minimum Gasteiger partial charge on any atom is -0.482 e. The van der Waals surface area contributed by atoms with E-state index in [1.165, 1.54) is 16.9 Å². The fourth-order valence-corrected chi connectivity index (χ4v) is 4.00. The lowest BCUT2D eigenvalue weighted by atomic mass is 9.87. The molecule has 0 fully saturated rings. The summed E-state index contributed by atoms with van der Waals surface area (Å²) in [6.45, 7) is 6.64. The number of anilines is 1. The van der Waals surface area contributed by atoms with Crippen LogP contribution in [0.3, 0.4) is 0 Å². The maximum absolute atomic E-state index is 11.7. The van der Waals surface area contributed by atoms with Crippen LogP contribution in [0.15, 0.2) is 57.9 Å². The van der Waals surface area contributed by atoms with Gasteiger partial charge in [-0.2, -0.15) is 5.10 Å². The third kappa shape index (κ3) is 4.07. The topological polar surface area (TPSA) is 68.0 Å². The van der Waals surface area contributed by atoms with Gasteiger partial charge in [0.1, 0.15) is 5.75 Å². The van der Waals surface area contributed by atoms with Gasteiger partial charge in [-0.25, -0.2) is 4.68 Å². The molecule has 0 spiro atoms. The van der Waals surface area contributed by atoms with Gasteiger partial charge in [-0.05, 0) is 34.7 Å². The highest BCUT2D eigenvalue weighted by Crippen LogP contribution is 2.32. The first kappa shape index (κ1) is 20.1. The second-order valence-corrected chi connectivity index (χ2v) is 8.94. The molecule has 0 saturated carbocycles. The van der Waals surface area contributed by atoms with Gasteiger partial charge in [0.15, 0.2) is 6.61 Å². The number of ether oxygens (including phenoxy) is 1. The van der Waals surface area contributed by atoms with Gasteiger partial charge in [0, 0.05) is 18.0 Å². The fourth-order valence-electron chi connectivity index (χ4n) is 3.20. The lowest BCUT2D eigenvalue weighted by molar-refractivity contribution is -0.118. The Morgan fingerprint density at radius 2 is 1.93 bits per heavy atom. The lowest BCUT2D eigenvalue weighted by Gasteiger charge is -2.18. The van der Waals surface area contributed by atoms with Crippen LogP contribution in [-0.4, -0.2) is 30.5 Å². The average molecular weight is 421 g/mol. The Bertz CT molecular complexity index is 1180. The molecule has 1 N–H and O–H groups in total. The molecule has 0 atom stereocenters. The largest absolute Gasteiger partial charge is 0.482 e. The monoisotopic (exact) mass is 420 g/mol. The Hall–Kier alpha value is -3.19. The quantitative estimate of drug-likeness (QED) is 0.644. The molecule has 2 heterocycles. The first-order chi connectivity index (χ1) is 14.3. The lowest BCUT2D eigenvalue weighted by Crippen LogP contribution is -2.25. The summed E-state index contributed by atoms with van der Waals surface area (Å²) in [7, 11) is 1.75. The molecule has 1 aliphatic rings. The number of carbonyl (C=O) groups excluding carboxylic acids is 1. The first-order valence-electron chi connectivity index (χ1n) is 9.70. The molecule has 3 aromatic rings. The smallest absolute Gasteiger partial charge is 0.262 e. The molecule has 0 saturated heterocycles. The van der Waals surface area contributed by atoms with Crippen LogP contribution in [0.5, 0.6) is 5.75 Å². The van der Waals surface area contributed by atoms with E-state index < -0.39 is 0 Å². The third-order valence-electron chi connectivity index (χ3n) is 4.88. The number of hydrogen-bond donors (Lipinski definition) is 1. The summed E-state index contributed by atoms with van der Waals surface area (Å²) in [5, 5.41) is 9.56. The van der Waals surface area contributed by atoms with Gasteiger partial charge in [-0.15, -0.1) is 11.3 Å². The van der Waals surface area contributed by atoms with Crippen molar-refractivity contribution in [3.8, 4) is 17.0 Å². The molecular weight excluding hydrogens is 396 g/mol. The van der Waals surface area contributed by atoms with Crippen LogP contribution in [0.1, 0.15) is 31.9 Å². The maximum Gasteiger partial charge on any atom is 0.262 e. The highest BCUT2D eigenvalue weighted by Gasteiger charge is 2.18. The Balaban J connectivity index is 1.69. The molecule has 1 aromatic heterocycles. The minimum absolute atomic E-state index is 0.0436. The SMILES string of the molecule is CN=c1scc(-c2ccc3c(c2)NC(=O)CO3)n1N=Cc1ccc(C(C)(C)C)cc1. The van der Waals surface area contributed by atoms with Gasteiger partial charge in [-0.1, -0.05) is 45.0 Å². The van der Waals surface area contributed by atoms with Crippen LogP contribution in [0, 0.1) is 0 Å². The van der Waals surface area contributed by atoms with Crippen molar-refractivity contribution >= 4 is 29.1 Å². The normalized spacial score (nSPS) is 14.5. The van der Waals surface area contributed by atoms with E-state index >= 15 is 0 Å². The van der Waals surface area contributed by atoms with Gasteiger partial charge in [0.2, 0.25) is 4.80 Å². The van der Waals surface area contributed by atoms with Crippen molar-refractivity contribution in [3.05, 3.63) is 63.8 Å². The van der Waals surface area contributed by atoms with Crippen LogP contribution < -0.4 is 14.9 Å². The molecule has 30 heavy (non-hydrogen) atoms. The molecule has 154 valence electrons. The number of amides is 1. The highest BCUT2D eigenvalue weighted by atomic mass is 32.1. The van der Waals surface area contributed by atoms with Gasteiger partial charge in [0.25, 0.3) is 5.91 Å². The molecule has 2 aromatic carbocycles. The molecule has 7 heteroatoms. The molecule has 0 radical (unpaired) electrons. The van der Waals surface area contributed by atoms with E-state index in [4.69, 9.17) is 9.84 Å². The zero-order chi connectivity index (χ0) is 21.3. The number of nitrogens with one attached hydrogen (secondary N) is 1. The number of aromatic nitrogens is 1. The standard InChI is InChI=1S/C23H24N4O2S/c1-23(2,3)17-8-5-15(6-9-17)12-25-27-19(14-30-22(27)24-4)16-7-10-20-18(11-16)26-21(28)13-29-20/h5-12,14H,13H2,1-4H3,(H,26,28). The zero-order valence-electron chi connectivity index (χ0n) is 17.5. The highest BCUT2D eigenvalue weighted by molar-refractivity contribution is 7.07. The number of thiazole rings is 1. The van der Waals surface area contributed by atoms with Crippen LogP contribution in [0.25, 0.3) is 11.3 Å². The number of rotatable bonds is 3. The molecule has 6 nitrogen and oxygen atoms in total. The maximum atomic E-state index is 11.7. The zero-order valence-corrected chi connectivity index (χ0v) is 18.3. The number of hydrogen-bond acceptors (Lipinski definition) is 5. The van der Waals surface area contributed by atoms with E-state index in [9.17, 15) is 4.79 Å². The molecule has 1 amide bonds. The summed E-state index contributed by atoms with van der Waals surface area (Å²) in [4.78, 5) is 16.8. The summed E-state index contributed by atoms with van der Waals surface area (Å²) in [5.41, 5.74) is 4.90. The van der Waals surface area contributed by atoms with Crippen LogP contribution >= 0.6 is 11.3 Å². The van der Waals surface area contributed by atoms with Crippen molar-refractivity contribution < 1.29 is 9.53 Å². The summed E-state index contributed by atoms with van der Waals surface area (Å²) >= 11 is 1.51. The molecular formula is C23H24N4O2S. The molecule has 0 unspecified atom stereocenters. The van der Waals surface area contributed by atoms with Crippen molar-refractivity contribution in [2.24, 2.45) is 10.1 Å². The predicted molar refractivity (Wildman–Crippen MR) is 121 cm³/mol. The van der Waals surface area contributed by atoms with Crippen molar-refractivity contribution in [2.75, 3.05) is 19.0 Å². The van der Waals surface area contributed by atoms with E-state index in [-0.39, 0.29) is 17.9 Å². The van der Waals surface area contributed by atoms with Crippen molar-refractivity contribution in [2.45, 2.75) is 26.2 Å². The molecule has 4 rings (SSSR count). The summed E-state index contributed by atoms with van der Waals surface area (Å²) in [6.07, 6.45) is 1.83. The third-order valence-corrected chi connectivity index (χ3v) is 5.79. The number of benzene rings is 2. The van der Waals surface area contributed by atoms with Crippen molar-refractivity contribution in [3.63, 3.8) is 0 Å². The van der Waals surface area contributed by atoms with E-state index in [0.717, 1.165) is 21.6 Å². The van der Waals surface area contributed by atoms with E-state index in [1.807, 2.05) is 34.5 Å². The van der Waals surface area contributed by atoms with Gasteiger partial charge in [-0.3, -0.25) is 9.79 Å². The van der Waals surface area contributed by atoms with Crippen molar-refractivity contribution in [1.82, 2.24) is 4.68 Å². The van der Waals surface area contributed by atoms with Crippen molar-refractivity contribution in [1.29, 1.82) is 0 Å². The molecule has 1 aliphatic heterocycles. The van der Waals surface area contributed by atoms with Gasteiger partial charge in [0.05, 0.1) is 17.6 Å². The van der Waals surface area contributed by atoms with Gasteiger partial charge < -0.3 is 10.1 Å². The minimum atomic E-state index is -0.154. The van der Waals surface area contributed by atoms with Crippen LogP contribution in [0.4, 0.5) is 5.69 Å². The van der Waals surface area contributed by atoms with Crippen LogP contribution in [0.2, 0.25) is 0 Å². The molecule has 0 bridgehead atoms. The summed E-state index contributed by atoms with van der Waals surface area (Å²) in [5.74, 6) is 0.516.